The Hall–Kier alpha value is -0.810. The molecule has 1 rings (SSSR count). The fraction of sp³-hybridized carbons (Fsp3) is 0.500. The Bertz CT molecular complexity index is 305. The first-order chi connectivity index (χ1) is 7.72. The van der Waals surface area contributed by atoms with Gasteiger partial charge in [-0.15, -0.1) is 8.86 Å². The van der Waals surface area contributed by atoms with Crippen molar-refractivity contribution in [2.75, 3.05) is 6.61 Å². The van der Waals surface area contributed by atoms with Gasteiger partial charge in [0.2, 0.25) is 0 Å². The Morgan fingerprint density at radius 2 is 1.94 bits per heavy atom. The summed E-state index contributed by atoms with van der Waals surface area (Å²) in [4.78, 5) is 0. The van der Waals surface area contributed by atoms with E-state index in [1.165, 1.54) is 12.0 Å². The van der Waals surface area contributed by atoms with Gasteiger partial charge in [-0.25, -0.2) is 0 Å². The van der Waals surface area contributed by atoms with Crippen LogP contribution in [0.2, 0.25) is 0 Å². The third kappa shape index (κ3) is 5.32. The van der Waals surface area contributed by atoms with E-state index in [1.807, 2.05) is 17.9 Å². The summed E-state index contributed by atoms with van der Waals surface area (Å²) in [6.45, 7) is 5.17. The SMILES string of the molecule is Cc1ccc(OCCC(C)CCC=P)cc1. The van der Waals surface area contributed by atoms with Crippen LogP contribution in [0.5, 0.6) is 5.75 Å². The highest BCUT2D eigenvalue weighted by Gasteiger charge is 2.01. The number of ether oxygens (including phenoxy) is 1. The molecule has 0 N–H and O–H groups in total. The zero-order valence-corrected chi connectivity index (χ0v) is 11.2. The summed E-state index contributed by atoms with van der Waals surface area (Å²) in [6, 6.07) is 8.23. The largest absolute Gasteiger partial charge is 0.494 e. The highest BCUT2D eigenvalue weighted by atomic mass is 31.0. The molecule has 1 nitrogen and oxygen atoms in total. The lowest BCUT2D eigenvalue weighted by molar-refractivity contribution is 0.280. The topological polar surface area (TPSA) is 9.23 Å². The fourth-order valence-electron chi connectivity index (χ4n) is 1.52. The molecule has 2 heteroatoms. The van der Waals surface area contributed by atoms with Gasteiger partial charge in [0.1, 0.15) is 5.75 Å². The van der Waals surface area contributed by atoms with Crippen molar-refractivity contribution < 1.29 is 4.74 Å². The van der Waals surface area contributed by atoms with E-state index in [0.717, 1.165) is 31.1 Å². The average Bonchev–Trinajstić information content (AvgIpc) is 2.29. The first-order valence-electron chi connectivity index (χ1n) is 5.90. The lowest BCUT2D eigenvalue weighted by Crippen LogP contribution is -2.04. The molecule has 0 aliphatic rings. The van der Waals surface area contributed by atoms with Crippen molar-refractivity contribution in [1.82, 2.24) is 0 Å². The summed E-state index contributed by atoms with van der Waals surface area (Å²) in [5.41, 5.74) is 1.27. The maximum Gasteiger partial charge on any atom is 0.119 e. The minimum atomic E-state index is 0.720. The van der Waals surface area contributed by atoms with E-state index in [9.17, 15) is 0 Å². The Labute approximate surface area is 101 Å². The molecule has 1 aromatic rings. The summed E-state index contributed by atoms with van der Waals surface area (Å²) in [5.74, 6) is 3.74. The monoisotopic (exact) mass is 236 g/mol. The van der Waals surface area contributed by atoms with Crippen molar-refractivity contribution in [3.63, 3.8) is 0 Å². The third-order valence-electron chi connectivity index (χ3n) is 2.70. The molecule has 0 aliphatic heterocycles. The first-order valence-corrected chi connectivity index (χ1v) is 6.48. The number of hydrogen-bond acceptors (Lipinski definition) is 1. The van der Waals surface area contributed by atoms with Gasteiger partial charge in [-0.2, -0.15) is 0 Å². The molecule has 0 radical (unpaired) electrons. The second-order valence-corrected chi connectivity index (χ2v) is 4.75. The molecule has 0 aromatic heterocycles. The van der Waals surface area contributed by atoms with E-state index >= 15 is 0 Å². The van der Waals surface area contributed by atoms with Gasteiger partial charge in [-0.3, -0.25) is 0 Å². The Balaban J connectivity index is 2.19. The lowest BCUT2D eigenvalue weighted by atomic mass is 10.0. The molecule has 0 bridgehead atoms. The van der Waals surface area contributed by atoms with Crippen molar-refractivity contribution in [3.8, 4) is 5.75 Å². The van der Waals surface area contributed by atoms with Crippen LogP contribution in [0.4, 0.5) is 0 Å². The van der Waals surface area contributed by atoms with E-state index in [2.05, 4.69) is 34.8 Å². The van der Waals surface area contributed by atoms with Gasteiger partial charge in [0.25, 0.3) is 0 Å². The van der Waals surface area contributed by atoms with Crippen LogP contribution >= 0.6 is 8.86 Å². The molecular weight excluding hydrogens is 215 g/mol. The summed E-state index contributed by atoms with van der Waals surface area (Å²) >= 11 is 0. The zero-order chi connectivity index (χ0) is 11.8. The summed E-state index contributed by atoms with van der Waals surface area (Å²) in [7, 11) is 3.38. The molecule has 0 spiro atoms. The number of rotatable bonds is 7. The summed E-state index contributed by atoms with van der Waals surface area (Å²) in [5, 5.41) is 0. The first kappa shape index (κ1) is 13.3. The molecule has 0 aliphatic carbocycles. The van der Waals surface area contributed by atoms with E-state index in [0.29, 0.717) is 0 Å². The van der Waals surface area contributed by atoms with Crippen LogP contribution in [0.15, 0.2) is 24.3 Å². The minimum absolute atomic E-state index is 0.720. The molecule has 0 fully saturated rings. The van der Waals surface area contributed by atoms with Gasteiger partial charge in [-0.1, -0.05) is 30.4 Å². The van der Waals surface area contributed by atoms with Gasteiger partial charge in [-0.05, 0) is 44.2 Å². The summed E-state index contributed by atoms with van der Waals surface area (Å²) < 4.78 is 5.69. The number of aryl methyl sites for hydroxylation is 1. The smallest absolute Gasteiger partial charge is 0.119 e. The van der Waals surface area contributed by atoms with Crippen molar-refractivity contribution in [2.45, 2.75) is 33.1 Å². The van der Waals surface area contributed by atoms with Crippen LogP contribution in [0.1, 0.15) is 31.7 Å². The van der Waals surface area contributed by atoms with Gasteiger partial charge < -0.3 is 4.74 Å². The lowest BCUT2D eigenvalue weighted by Gasteiger charge is -2.11. The van der Waals surface area contributed by atoms with Gasteiger partial charge in [0, 0.05) is 0 Å². The molecule has 0 amide bonds. The van der Waals surface area contributed by atoms with Crippen LogP contribution in [0.3, 0.4) is 0 Å². The number of hydrogen-bond donors (Lipinski definition) is 0. The van der Waals surface area contributed by atoms with Crippen LogP contribution in [-0.2, 0) is 0 Å². The van der Waals surface area contributed by atoms with E-state index < -0.39 is 0 Å². The van der Waals surface area contributed by atoms with Crippen molar-refractivity contribution in [2.24, 2.45) is 5.92 Å². The second kappa shape index (κ2) is 7.46. The third-order valence-corrected chi connectivity index (χ3v) is 2.99. The molecule has 1 unspecified atom stereocenters. The average molecular weight is 236 g/mol. The van der Waals surface area contributed by atoms with Gasteiger partial charge in [0.05, 0.1) is 6.61 Å². The molecule has 88 valence electrons. The van der Waals surface area contributed by atoms with Gasteiger partial charge in [0.15, 0.2) is 0 Å². The highest BCUT2D eigenvalue weighted by Crippen LogP contribution is 2.14. The highest BCUT2D eigenvalue weighted by molar-refractivity contribution is 7.18. The quantitative estimate of drug-likeness (QED) is 0.647. The Morgan fingerprint density at radius 1 is 1.25 bits per heavy atom. The van der Waals surface area contributed by atoms with Crippen molar-refractivity contribution in [1.29, 1.82) is 0 Å². The van der Waals surface area contributed by atoms with Crippen molar-refractivity contribution >= 4 is 14.7 Å². The van der Waals surface area contributed by atoms with E-state index in [-0.39, 0.29) is 0 Å². The predicted molar refractivity (Wildman–Crippen MR) is 74.1 cm³/mol. The number of benzene rings is 1. The molecule has 16 heavy (non-hydrogen) atoms. The standard InChI is InChI=1S/C14H21OP/c1-12(4-3-11-16)9-10-15-14-7-5-13(2)6-8-14/h5-8,11-12,16H,3-4,9-10H2,1-2H3. The predicted octanol–water partition coefficient (Wildman–Crippen LogP) is 4.13. The molecule has 0 saturated carbocycles. The molecule has 0 heterocycles. The molecular formula is C14H21OP. The Morgan fingerprint density at radius 3 is 2.56 bits per heavy atom. The Kier molecular flexibility index (Phi) is 6.18. The maximum atomic E-state index is 5.69. The minimum Gasteiger partial charge on any atom is -0.494 e. The van der Waals surface area contributed by atoms with Crippen LogP contribution in [0.25, 0.3) is 0 Å². The second-order valence-electron chi connectivity index (χ2n) is 4.34. The van der Waals surface area contributed by atoms with E-state index in [1.54, 1.807) is 0 Å². The normalized spacial score (nSPS) is 12.1. The van der Waals surface area contributed by atoms with Gasteiger partial charge >= 0.3 is 0 Å². The zero-order valence-electron chi connectivity index (χ0n) is 10.2. The van der Waals surface area contributed by atoms with E-state index in [4.69, 9.17) is 4.74 Å². The van der Waals surface area contributed by atoms with Crippen molar-refractivity contribution in [3.05, 3.63) is 29.8 Å². The molecule has 0 saturated heterocycles. The van der Waals surface area contributed by atoms with Crippen LogP contribution in [0, 0.1) is 12.8 Å². The maximum absolute atomic E-state index is 5.69. The summed E-state index contributed by atoms with van der Waals surface area (Å²) in [6.07, 6.45) is 3.47. The molecule has 1 aromatic carbocycles. The fourth-order valence-corrected chi connectivity index (χ4v) is 1.69. The van der Waals surface area contributed by atoms with Crippen LogP contribution < -0.4 is 4.74 Å². The van der Waals surface area contributed by atoms with Crippen LogP contribution in [-0.4, -0.2) is 12.4 Å². The molecule has 1 atom stereocenters.